The molecule has 0 aliphatic carbocycles. The van der Waals surface area contributed by atoms with Crippen molar-refractivity contribution in [2.75, 3.05) is 6.61 Å². The number of para-hydroxylation sites is 1. The van der Waals surface area contributed by atoms with E-state index in [0.29, 0.717) is 24.7 Å². The maximum atomic E-state index is 12.6. The highest BCUT2D eigenvalue weighted by molar-refractivity contribution is 5.92. The van der Waals surface area contributed by atoms with Crippen LogP contribution in [0.5, 0.6) is 11.6 Å². The van der Waals surface area contributed by atoms with Gasteiger partial charge in [-0.15, -0.1) is 0 Å². The molecule has 1 N–H and O–H groups in total. The van der Waals surface area contributed by atoms with Gasteiger partial charge in [0.1, 0.15) is 18.5 Å². The van der Waals surface area contributed by atoms with E-state index < -0.39 is 0 Å². The van der Waals surface area contributed by atoms with Gasteiger partial charge >= 0.3 is 0 Å². The molecule has 27 heavy (non-hydrogen) atoms. The van der Waals surface area contributed by atoms with Crippen molar-refractivity contribution in [3.63, 3.8) is 0 Å². The van der Waals surface area contributed by atoms with E-state index in [1.807, 2.05) is 54.6 Å². The Labute approximate surface area is 156 Å². The van der Waals surface area contributed by atoms with E-state index in [4.69, 9.17) is 9.47 Å². The maximum Gasteiger partial charge on any atom is 0.272 e. The summed E-state index contributed by atoms with van der Waals surface area (Å²) in [6, 6.07) is 19.6. The molecule has 0 spiro atoms. The third-order valence-corrected chi connectivity index (χ3v) is 4.96. The van der Waals surface area contributed by atoms with Crippen LogP contribution in [0.25, 0.3) is 0 Å². The first-order valence-corrected chi connectivity index (χ1v) is 9.07. The van der Waals surface area contributed by atoms with Gasteiger partial charge in [0.25, 0.3) is 5.91 Å². The van der Waals surface area contributed by atoms with Gasteiger partial charge in [0, 0.05) is 6.07 Å². The first-order valence-electron chi connectivity index (χ1n) is 9.07. The molecule has 2 aliphatic rings. The summed E-state index contributed by atoms with van der Waals surface area (Å²) in [7, 11) is 0. The summed E-state index contributed by atoms with van der Waals surface area (Å²) in [5, 5.41) is 7.43. The van der Waals surface area contributed by atoms with Gasteiger partial charge in [-0.3, -0.25) is 4.79 Å². The summed E-state index contributed by atoms with van der Waals surface area (Å²) in [4.78, 5) is 12.6. The van der Waals surface area contributed by atoms with Gasteiger partial charge < -0.3 is 14.8 Å². The number of amides is 1. The Balaban J connectivity index is 1.25. The summed E-state index contributed by atoms with van der Waals surface area (Å²) in [5.41, 5.74) is 2.58. The van der Waals surface area contributed by atoms with Crippen molar-refractivity contribution < 1.29 is 14.3 Å². The van der Waals surface area contributed by atoms with Crippen molar-refractivity contribution in [1.82, 2.24) is 15.1 Å². The van der Waals surface area contributed by atoms with Crippen LogP contribution in [0.15, 0.2) is 60.7 Å². The molecule has 2 aromatic carbocycles. The van der Waals surface area contributed by atoms with Gasteiger partial charge in [-0.05, 0) is 23.6 Å². The number of rotatable bonds is 3. The molecule has 136 valence electrons. The minimum Gasteiger partial charge on any atom is -0.491 e. The highest BCUT2D eigenvalue weighted by Crippen LogP contribution is 2.31. The van der Waals surface area contributed by atoms with Gasteiger partial charge in [0.15, 0.2) is 5.69 Å². The molecule has 0 saturated heterocycles. The van der Waals surface area contributed by atoms with Crippen LogP contribution in [0.3, 0.4) is 0 Å². The zero-order valence-corrected chi connectivity index (χ0v) is 14.7. The molecular weight excluding hydrogens is 342 g/mol. The molecule has 0 radical (unpaired) electrons. The largest absolute Gasteiger partial charge is 0.491 e. The van der Waals surface area contributed by atoms with E-state index in [-0.39, 0.29) is 18.1 Å². The third-order valence-electron chi connectivity index (χ3n) is 4.96. The molecular formula is C21H19N3O3. The average molecular weight is 361 g/mol. The fourth-order valence-corrected chi connectivity index (χ4v) is 3.60. The number of nitrogens with one attached hydrogen (secondary N) is 1. The Morgan fingerprint density at radius 1 is 1.11 bits per heavy atom. The topological polar surface area (TPSA) is 65.4 Å². The Morgan fingerprint density at radius 2 is 1.93 bits per heavy atom. The summed E-state index contributed by atoms with van der Waals surface area (Å²) < 4.78 is 13.4. The predicted octanol–water partition coefficient (Wildman–Crippen LogP) is 2.75. The van der Waals surface area contributed by atoms with Crippen LogP contribution < -0.4 is 14.8 Å². The van der Waals surface area contributed by atoms with Crippen LogP contribution in [-0.2, 0) is 13.0 Å². The number of carbonyl (C=O) groups is 1. The van der Waals surface area contributed by atoms with E-state index in [9.17, 15) is 4.79 Å². The second-order valence-electron chi connectivity index (χ2n) is 6.86. The van der Waals surface area contributed by atoms with Crippen LogP contribution in [0, 0.1) is 0 Å². The second-order valence-corrected chi connectivity index (χ2v) is 6.86. The number of aromatic nitrogens is 2. The summed E-state index contributed by atoms with van der Waals surface area (Å²) in [6.07, 6.45) is 0.691. The molecule has 0 fully saturated rings. The average Bonchev–Trinajstić information content (AvgIpc) is 3.28. The molecule has 5 rings (SSSR count). The second kappa shape index (κ2) is 6.46. The number of hydrogen-bond donors (Lipinski definition) is 1. The monoisotopic (exact) mass is 361 g/mol. The van der Waals surface area contributed by atoms with E-state index in [2.05, 4.69) is 10.4 Å². The minimum absolute atomic E-state index is 0.0611. The Hall–Kier alpha value is -3.28. The fraction of sp³-hybridized carbons (Fsp3) is 0.238. The molecule has 3 aromatic rings. The predicted molar refractivity (Wildman–Crippen MR) is 98.9 cm³/mol. The van der Waals surface area contributed by atoms with E-state index in [1.54, 1.807) is 10.7 Å². The van der Waals surface area contributed by atoms with E-state index >= 15 is 0 Å². The number of carbonyl (C=O) groups excluding carboxylic acids is 1. The van der Waals surface area contributed by atoms with Crippen molar-refractivity contribution in [2.45, 2.75) is 25.1 Å². The summed E-state index contributed by atoms with van der Waals surface area (Å²) in [6.45, 7) is 1.06. The van der Waals surface area contributed by atoms with Crippen LogP contribution in [0.2, 0.25) is 0 Å². The van der Waals surface area contributed by atoms with Crippen molar-refractivity contribution in [3.05, 3.63) is 77.5 Å². The number of fused-ring (bicyclic) bond motifs is 2. The molecule has 1 amide bonds. The number of hydrogen-bond acceptors (Lipinski definition) is 4. The highest BCUT2D eigenvalue weighted by Gasteiger charge is 2.29. The lowest BCUT2D eigenvalue weighted by Gasteiger charge is -2.25. The van der Waals surface area contributed by atoms with Gasteiger partial charge in [-0.1, -0.05) is 48.5 Å². The summed E-state index contributed by atoms with van der Waals surface area (Å²) >= 11 is 0. The molecule has 3 heterocycles. The van der Waals surface area contributed by atoms with Gasteiger partial charge in [-0.25, -0.2) is 4.68 Å². The lowest BCUT2D eigenvalue weighted by Crippen LogP contribution is -2.42. The number of nitrogens with zero attached hydrogens (tertiary/aromatic N) is 2. The molecule has 2 atom stereocenters. The quantitative estimate of drug-likeness (QED) is 0.779. The zero-order chi connectivity index (χ0) is 18.2. The molecule has 2 unspecified atom stereocenters. The van der Waals surface area contributed by atoms with Crippen molar-refractivity contribution in [1.29, 1.82) is 0 Å². The fourth-order valence-electron chi connectivity index (χ4n) is 3.60. The van der Waals surface area contributed by atoms with E-state index in [1.165, 1.54) is 0 Å². The third kappa shape index (κ3) is 3.03. The van der Waals surface area contributed by atoms with Crippen LogP contribution in [-0.4, -0.2) is 28.3 Å². The van der Waals surface area contributed by atoms with Crippen molar-refractivity contribution in [3.8, 4) is 11.6 Å². The molecule has 6 heteroatoms. The molecule has 0 bridgehead atoms. The van der Waals surface area contributed by atoms with Gasteiger partial charge in [-0.2, -0.15) is 5.10 Å². The molecule has 1 aromatic heterocycles. The smallest absolute Gasteiger partial charge is 0.272 e. The van der Waals surface area contributed by atoms with Crippen LogP contribution >= 0.6 is 0 Å². The number of ether oxygens (including phenoxy) is 2. The minimum atomic E-state index is -0.204. The normalized spacial score (nSPS) is 20.1. The van der Waals surface area contributed by atoms with Crippen LogP contribution in [0.4, 0.5) is 0 Å². The lowest BCUT2D eigenvalue weighted by atomic mass is 10.0. The van der Waals surface area contributed by atoms with Crippen molar-refractivity contribution in [2.24, 2.45) is 0 Å². The van der Waals surface area contributed by atoms with Gasteiger partial charge in [0.2, 0.25) is 5.88 Å². The Morgan fingerprint density at radius 3 is 2.78 bits per heavy atom. The lowest BCUT2D eigenvalue weighted by molar-refractivity contribution is 0.0908. The highest BCUT2D eigenvalue weighted by atomic mass is 16.5. The van der Waals surface area contributed by atoms with Crippen LogP contribution in [0.1, 0.15) is 27.7 Å². The number of benzene rings is 2. The Kier molecular flexibility index (Phi) is 3.81. The standard InChI is InChI=1S/C21H19N3O3/c25-21(22-16-10-15-8-4-5-9-18(15)26-13-16)17-11-20-24(23-17)12-19(27-20)14-6-2-1-3-7-14/h1-9,11,16,19H,10,12-13H2,(H,22,25). The molecule has 0 saturated carbocycles. The molecule has 2 aliphatic heterocycles. The van der Waals surface area contributed by atoms with Gasteiger partial charge in [0.05, 0.1) is 12.6 Å². The molecule has 6 nitrogen and oxygen atoms in total. The van der Waals surface area contributed by atoms with Crippen molar-refractivity contribution >= 4 is 5.91 Å². The summed E-state index contributed by atoms with van der Waals surface area (Å²) in [5.74, 6) is 1.31. The SMILES string of the molecule is O=C(NC1COc2ccccc2C1)c1cc2n(n1)CC(c1ccccc1)O2. The zero-order valence-electron chi connectivity index (χ0n) is 14.7. The first-order chi connectivity index (χ1) is 13.3. The first kappa shape index (κ1) is 15.9. The van der Waals surface area contributed by atoms with E-state index in [0.717, 1.165) is 23.3 Å². The maximum absolute atomic E-state index is 12.6. The Bertz CT molecular complexity index is 960.